The van der Waals surface area contributed by atoms with E-state index in [0.717, 1.165) is 11.8 Å². The maximum Gasteiger partial charge on any atom is 0.175 e. The van der Waals surface area contributed by atoms with E-state index >= 15 is 0 Å². The van der Waals surface area contributed by atoms with E-state index < -0.39 is 9.84 Å². The highest BCUT2D eigenvalue weighted by atomic mass is 35.5. The van der Waals surface area contributed by atoms with Crippen molar-refractivity contribution in [3.8, 4) is 0 Å². The van der Waals surface area contributed by atoms with E-state index in [2.05, 4.69) is 4.99 Å². The number of aliphatic imine (C=N–C) groups is 1. The summed E-state index contributed by atoms with van der Waals surface area (Å²) in [6.07, 6.45) is 1.16. The number of hydrogen-bond donors (Lipinski definition) is 1. The van der Waals surface area contributed by atoms with Crippen molar-refractivity contribution in [1.82, 2.24) is 0 Å². The summed E-state index contributed by atoms with van der Waals surface area (Å²) >= 11 is 5.51. The number of benzene rings is 1. The molecule has 0 aromatic heterocycles. The lowest BCUT2D eigenvalue weighted by Gasteiger charge is -2.04. The lowest BCUT2D eigenvalue weighted by atomic mass is 10.2. The lowest BCUT2D eigenvalue weighted by molar-refractivity contribution is 0.602. The minimum absolute atomic E-state index is 0.146. The Morgan fingerprint density at radius 3 is 2.56 bits per heavy atom. The number of sulfone groups is 1. The van der Waals surface area contributed by atoms with Crippen molar-refractivity contribution in [2.24, 2.45) is 10.7 Å². The van der Waals surface area contributed by atoms with E-state index in [4.69, 9.17) is 17.3 Å². The van der Waals surface area contributed by atoms with Gasteiger partial charge in [-0.1, -0.05) is 0 Å². The van der Waals surface area contributed by atoms with Gasteiger partial charge in [-0.25, -0.2) is 13.4 Å². The first-order chi connectivity index (χ1) is 7.34. The molecule has 0 heterocycles. The van der Waals surface area contributed by atoms with Crippen LogP contribution in [0.2, 0.25) is 0 Å². The normalized spacial score (nSPS) is 12.8. The van der Waals surface area contributed by atoms with Crippen molar-refractivity contribution in [3.63, 3.8) is 0 Å². The molecular weight excluding hydrogens is 248 g/mol. The molecule has 88 valence electrons. The third-order valence-electron chi connectivity index (χ3n) is 2.00. The average Bonchev–Trinajstić information content (AvgIpc) is 2.19. The van der Waals surface area contributed by atoms with Crippen LogP contribution in [0.15, 0.2) is 28.1 Å². The van der Waals surface area contributed by atoms with Crippen molar-refractivity contribution in [1.29, 1.82) is 0 Å². The number of halogens is 1. The van der Waals surface area contributed by atoms with E-state index in [-0.39, 0.29) is 10.8 Å². The second kappa shape index (κ2) is 4.84. The number of alkyl halides is 1. The van der Waals surface area contributed by atoms with Gasteiger partial charge < -0.3 is 5.73 Å². The molecule has 0 saturated carbocycles. The van der Waals surface area contributed by atoms with Gasteiger partial charge in [0.15, 0.2) is 9.84 Å². The van der Waals surface area contributed by atoms with Gasteiger partial charge in [-0.3, -0.25) is 0 Å². The van der Waals surface area contributed by atoms with E-state index in [9.17, 15) is 8.42 Å². The molecule has 0 spiro atoms. The molecule has 0 aliphatic rings. The minimum Gasteiger partial charge on any atom is -0.386 e. The average molecular weight is 261 g/mol. The van der Waals surface area contributed by atoms with Crippen molar-refractivity contribution in [3.05, 3.63) is 23.8 Å². The van der Waals surface area contributed by atoms with Crippen LogP contribution in [0.5, 0.6) is 0 Å². The Morgan fingerprint density at radius 1 is 1.50 bits per heavy atom. The first kappa shape index (κ1) is 13.0. The first-order valence-corrected chi connectivity index (χ1v) is 6.97. The van der Waals surface area contributed by atoms with E-state index in [1.807, 2.05) is 0 Å². The zero-order valence-corrected chi connectivity index (χ0v) is 10.6. The van der Waals surface area contributed by atoms with Gasteiger partial charge in [0.25, 0.3) is 0 Å². The van der Waals surface area contributed by atoms with Crippen LogP contribution in [0, 0.1) is 6.92 Å². The molecule has 1 rings (SSSR count). The first-order valence-electron chi connectivity index (χ1n) is 4.54. The molecule has 16 heavy (non-hydrogen) atoms. The highest BCUT2D eigenvalue weighted by molar-refractivity contribution is 7.90. The highest BCUT2D eigenvalue weighted by Crippen LogP contribution is 2.22. The largest absolute Gasteiger partial charge is 0.386 e. The standard InChI is InChI=1S/C10H13ClN2O2S/c1-7-5-8(16(2,14)15)3-4-9(7)13-10(12)6-11/h3-5H,6H2,1-2H3,(H2,12,13). The number of nitrogens with two attached hydrogens (primary N) is 1. The van der Waals surface area contributed by atoms with Gasteiger partial charge in [-0.15, -0.1) is 11.6 Å². The molecule has 6 heteroatoms. The van der Waals surface area contributed by atoms with Crippen LogP contribution in [-0.2, 0) is 9.84 Å². The third-order valence-corrected chi connectivity index (χ3v) is 3.38. The van der Waals surface area contributed by atoms with Crippen LogP contribution >= 0.6 is 11.6 Å². The van der Waals surface area contributed by atoms with E-state index in [1.165, 1.54) is 6.07 Å². The number of amidine groups is 1. The third kappa shape index (κ3) is 3.21. The molecule has 0 aliphatic carbocycles. The summed E-state index contributed by atoms with van der Waals surface area (Å²) in [5.74, 6) is 0.449. The van der Waals surface area contributed by atoms with Crippen LogP contribution in [0.25, 0.3) is 0 Å². The molecular formula is C10H13ClN2O2S. The lowest BCUT2D eigenvalue weighted by Crippen LogP contribution is -2.12. The van der Waals surface area contributed by atoms with Crippen LogP contribution in [0.3, 0.4) is 0 Å². The molecule has 0 fully saturated rings. The van der Waals surface area contributed by atoms with Crippen molar-refractivity contribution in [2.75, 3.05) is 12.1 Å². The maximum atomic E-state index is 11.3. The molecule has 1 aromatic carbocycles. The molecule has 0 unspecified atom stereocenters. The number of aryl methyl sites for hydroxylation is 1. The fourth-order valence-electron chi connectivity index (χ4n) is 1.17. The van der Waals surface area contributed by atoms with Crippen molar-refractivity contribution < 1.29 is 8.42 Å². The molecule has 0 atom stereocenters. The Morgan fingerprint density at radius 2 is 2.12 bits per heavy atom. The topological polar surface area (TPSA) is 72.5 Å². The van der Waals surface area contributed by atoms with Crippen molar-refractivity contribution >= 4 is 33.0 Å². The SMILES string of the molecule is Cc1cc(S(C)(=O)=O)ccc1N=C(N)CCl. The summed E-state index contributed by atoms with van der Waals surface area (Å²) in [6.45, 7) is 1.77. The van der Waals surface area contributed by atoms with Gasteiger partial charge in [-0.05, 0) is 30.7 Å². The van der Waals surface area contributed by atoms with Crippen LogP contribution in [-0.4, -0.2) is 26.4 Å². The predicted molar refractivity (Wildman–Crippen MR) is 66.3 cm³/mol. The summed E-state index contributed by atoms with van der Waals surface area (Å²) in [6, 6.07) is 4.68. The van der Waals surface area contributed by atoms with Gasteiger partial charge in [0, 0.05) is 6.26 Å². The Kier molecular flexibility index (Phi) is 3.93. The van der Waals surface area contributed by atoms with Gasteiger partial charge >= 0.3 is 0 Å². The van der Waals surface area contributed by atoms with E-state index in [1.54, 1.807) is 19.1 Å². The molecule has 0 bridgehead atoms. The second-order valence-corrected chi connectivity index (χ2v) is 5.74. The Labute approximate surface area is 100 Å². The molecule has 0 radical (unpaired) electrons. The monoisotopic (exact) mass is 260 g/mol. The Balaban J connectivity index is 3.21. The number of hydrogen-bond acceptors (Lipinski definition) is 3. The summed E-state index contributed by atoms with van der Waals surface area (Å²) in [5.41, 5.74) is 6.87. The summed E-state index contributed by atoms with van der Waals surface area (Å²) in [4.78, 5) is 4.34. The highest BCUT2D eigenvalue weighted by Gasteiger charge is 2.08. The molecule has 0 amide bonds. The summed E-state index contributed by atoms with van der Waals surface area (Å²) in [7, 11) is -3.18. The summed E-state index contributed by atoms with van der Waals surface area (Å²) in [5, 5.41) is 0. The fraction of sp³-hybridized carbons (Fsp3) is 0.300. The van der Waals surface area contributed by atoms with Crippen LogP contribution < -0.4 is 5.73 Å². The minimum atomic E-state index is -3.18. The molecule has 0 aliphatic heterocycles. The Hall–Kier alpha value is -1.07. The van der Waals surface area contributed by atoms with Crippen molar-refractivity contribution in [2.45, 2.75) is 11.8 Å². The van der Waals surface area contributed by atoms with Gasteiger partial charge in [0.05, 0.1) is 16.5 Å². The van der Waals surface area contributed by atoms with Crippen LogP contribution in [0.4, 0.5) is 5.69 Å². The van der Waals surface area contributed by atoms with Gasteiger partial charge in [-0.2, -0.15) is 0 Å². The second-order valence-electron chi connectivity index (χ2n) is 3.46. The maximum absolute atomic E-state index is 11.3. The zero-order chi connectivity index (χ0) is 12.3. The van der Waals surface area contributed by atoms with Gasteiger partial charge in [0.2, 0.25) is 0 Å². The Bertz CT molecular complexity index is 524. The molecule has 1 aromatic rings. The predicted octanol–water partition coefficient (Wildman–Crippen LogP) is 1.63. The smallest absolute Gasteiger partial charge is 0.175 e. The van der Waals surface area contributed by atoms with E-state index in [0.29, 0.717) is 11.5 Å². The fourth-order valence-corrected chi connectivity index (χ4v) is 1.93. The summed E-state index contributed by atoms with van der Waals surface area (Å²) < 4.78 is 22.6. The molecule has 0 saturated heterocycles. The zero-order valence-electron chi connectivity index (χ0n) is 9.07. The quantitative estimate of drug-likeness (QED) is 0.510. The van der Waals surface area contributed by atoms with Gasteiger partial charge in [0.1, 0.15) is 5.84 Å². The number of rotatable bonds is 3. The molecule has 2 N–H and O–H groups in total. The number of nitrogens with zero attached hydrogens (tertiary/aromatic N) is 1. The molecule has 4 nitrogen and oxygen atoms in total. The van der Waals surface area contributed by atoms with Crippen LogP contribution in [0.1, 0.15) is 5.56 Å².